The lowest BCUT2D eigenvalue weighted by molar-refractivity contribution is -0.903. The number of halogens is 2. The Hall–Kier alpha value is -1.07. The van der Waals surface area contributed by atoms with Gasteiger partial charge in [-0.1, -0.05) is 35.3 Å². The predicted octanol–water partition coefficient (Wildman–Crippen LogP) is 2.78. The van der Waals surface area contributed by atoms with Crippen LogP contribution in [0.3, 0.4) is 0 Å². The summed E-state index contributed by atoms with van der Waals surface area (Å²) in [6.45, 7) is 4.76. The number of rotatable bonds is 7. The average Bonchev–Trinajstić information content (AvgIpc) is 2.98. The minimum absolute atomic E-state index is 0.0272. The van der Waals surface area contributed by atoms with Gasteiger partial charge in [0.05, 0.1) is 11.4 Å². The molecule has 2 rings (SSSR count). The van der Waals surface area contributed by atoms with Crippen LogP contribution in [-0.2, 0) is 17.9 Å². The summed E-state index contributed by atoms with van der Waals surface area (Å²) in [5.41, 5.74) is 0.871. The number of carbonyl (C=O) groups is 1. The van der Waals surface area contributed by atoms with Gasteiger partial charge in [-0.2, -0.15) is 0 Å². The van der Waals surface area contributed by atoms with Gasteiger partial charge in [-0.3, -0.25) is 4.79 Å². The molecule has 22 heavy (non-hydrogen) atoms. The number of amides is 1. The standard InChI is InChI=1S/C16H18Cl2N2OS/c1-2-20(10-14-4-3-7-22-14)11-16(21)19-9-12-5-6-13(17)8-15(12)18/h3-8H,2,9-11H2,1H3,(H,19,21)/p+1. The maximum Gasteiger partial charge on any atom is 0.275 e. The second kappa shape index (κ2) is 8.53. The van der Waals surface area contributed by atoms with E-state index in [-0.39, 0.29) is 5.91 Å². The Bertz CT molecular complexity index is 617. The first kappa shape index (κ1) is 17.3. The number of carbonyl (C=O) groups excluding carboxylic acids is 1. The molecule has 1 unspecified atom stereocenters. The highest BCUT2D eigenvalue weighted by molar-refractivity contribution is 7.09. The van der Waals surface area contributed by atoms with E-state index >= 15 is 0 Å². The van der Waals surface area contributed by atoms with Crippen LogP contribution >= 0.6 is 34.5 Å². The molecule has 0 saturated heterocycles. The van der Waals surface area contributed by atoms with Gasteiger partial charge in [0.1, 0.15) is 6.54 Å². The van der Waals surface area contributed by atoms with Crippen molar-refractivity contribution in [1.29, 1.82) is 0 Å². The van der Waals surface area contributed by atoms with Crippen molar-refractivity contribution in [3.63, 3.8) is 0 Å². The van der Waals surface area contributed by atoms with Crippen molar-refractivity contribution >= 4 is 40.4 Å². The molecular weight excluding hydrogens is 339 g/mol. The molecule has 2 aromatic rings. The van der Waals surface area contributed by atoms with Gasteiger partial charge in [0.2, 0.25) is 0 Å². The van der Waals surface area contributed by atoms with Crippen molar-refractivity contribution < 1.29 is 9.69 Å². The number of nitrogens with one attached hydrogen (secondary N) is 2. The molecule has 0 fully saturated rings. The third-order valence-electron chi connectivity index (χ3n) is 3.41. The Morgan fingerprint density at radius 1 is 1.32 bits per heavy atom. The Morgan fingerprint density at radius 3 is 2.77 bits per heavy atom. The minimum atomic E-state index is 0.0272. The first-order valence-corrected chi connectivity index (χ1v) is 8.78. The molecule has 1 amide bonds. The van der Waals surface area contributed by atoms with Crippen molar-refractivity contribution in [2.75, 3.05) is 13.1 Å². The molecule has 0 saturated carbocycles. The van der Waals surface area contributed by atoms with Crippen LogP contribution in [0.5, 0.6) is 0 Å². The van der Waals surface area contributed by atoms with Gasteiger partial charge in [0, 0.05) is 16.6 Å². The number of likely N-dealkylation sites (N-methyl/N-ethyl adjacent to an activating group) is 1. The predicted molar refractivity (Wildman–Crippen MR) is 92.7 cm³/mol. The van der Waals surface area contributed by atoms with Crippen molar-refractivity contribution in [3.05, 3.63) is 56.2 Å². The van der Waals surface area contributed by atoms with Crippen LogP contribution < -0.4 is 10.2 Å². The number of hydrogen-bond donors (Lipinski definition) is 2. The van der Waals surface area contributed by atoms with Crippen LogP contribution in [0.1, 0.15) is 17.4 Å². The van der Waals surface area contributed by atoms with Gasteiger partial charge in [-0.05, 0) is 36.1 Å². The summed E-state index contributed by atoms with van der Waals surface area (Å²) in [6.07, 6.45) is 0. The van der Waals surface area contributed by atoms with E-state index in [1.165, 1.54) is 9.78 Å². The fraction of sp³-hybridized carbons (Fsp3) is 0.312. The van der Waals surface area contributed by atoms with Crippen LogP contribution in [0.2, 0.25) is 10.0 Å². The van der Waals surface area contributed by atoms with Gasteiger partial charge in [0.15, 0.2) is 6.54 Å². The lowest BCUT2D eigenvalue weighted by Crippen LogP contribution is -3.11. The van der Waals surface area contributed by atoms with E-state index in [0.717, 1.165) is 18.7 Å². The maximum atomic E-state index is 12.1. The topological polar surface area (TPSA) is 33.5 Å². The average molecular weight is 358 g/mol. The molecule has 0 aliphatic rings. The minimum Gasteiger partial charge on any atom is -0.347 e. The first-order valence-electron chi connectivity index (χ1n) is 7.15. The summed E-state index contributed by atoms with van der Waals surface area (Å²) >= 11 is 13.7. The molecule has 2 N–H and O–H groups in total. The highest BCUT2D eigenvalue weighted by Gasteiger charge is 2.14. The van der Waals surface area contributed by atoms with Crippen LogP contribution in [0.15, 0.2) is 35.7 Å². The van der Waals surface area contributed by atoms with E-state index in [9.17, 15) is 4.79 Å². The van der Waals surface area contributed by atoms with E-state index in [0.29, 0.717) is 23.1 Å². The Morgan fingerprint density at radius 2 is 2.14 bits per heavy atom. The fourth-order valence-electron chi connectivity index (χ4n) is 2.12. The smallest absolute Gasteiger partial charge is 0.275 e. The summed E-state index contributed by atoms with van der Waals surface area (Å²) in [6, 6.07) is 9.43. The molecule has 1 aromatic carbocycles. The fourth-order valence-corrected chi connectivity index (χ4v) is 3.37. The Balaban J connectivity index is 1.83. The summed E-state index contributed by atoms with van der Waals surface area (Å²) in [4.78, 5) is 14.6. The van der Waals surface area contributed by atoms with Crippen molar-refractivity contribution in [1.82, 2.24) is 5.32 Å². The molecule has 0 radical (unpaired) electrons. The molecule has 6 heteroatoms. The quantitative estimate of drug-likeness (QED) is 0.784. The molecule has 1 atom stereocenters. The van der Waals surface area contributed by atoms with Gasteiger partial charge in [-0.15, -0.1) is 11.3 Å². The molecule has 1 aromatic heterocycles. The number of hydrogen-bond acceptors (Lipinski definition) is 2. The maximum absolute atomic E-state index is 12.1. The van der Waals surface area contributed by atoms with E-state index < -0.39 is 0 Å². The zero-order valence-electron chi connectivity index (χ0n) is 12.4. The molecule has 0 bridgehead atoms. The SMILES string of the molecule is CC[NH+](CC(=O)NCc1ccc(Cl)cc1Cl)Cc1cccs1. The van der Waals surface area contributed by atoms with E-state index in [2.05, 4.69) is 23.7 Å². The van der Waals surface area contributed by atoms with Crippen molar-refractivity contribution in [3.8, 4) is 0 Å². The summed E-state index contributed by atoms with van der Waals surface area (Å²) in [5.74, 6) is 0.0272. The molecule has 118 valence electrons. The van der Waals surface area contributed by atoms with Crippen molar-refractivity contribution in [2.24, 2.45) is 0 Å². The van der Waals surface area contributed by atoms with Crippen LogP contribution in [0, 0.1) is 0 Å². The number of thiophene rings is 1. The summed E-state index contributed by atoms with van der Waals surface area (Å²) in [7, 11) is 0. The Labute approximate surface area is 144 Å². The number of benzene rings is 1. The molecule has 1 heterocycles. The van der Waals surface area contributed by atoms with Crippen LogP contribution in [-0.4, -0.2) is 19.0 Å². The third-order valence-corrected chi connectivity index (χ3v) is 4.87. The molecule has 0 aliphatic heterocycles. The van der Waals surface area contributed by atoms with Gasteiger partial charge >= 0.3 is 0 Å². The lowest BCUT2D eigenvalue weighted by Gasteiger charge is -2.16. The zero-order valence-corrected chi connectivity index (χ0v) is 14.7. The van der Waals surface area contributed by atoms with Gasteiger partial charge in [-0.25, -0.2) is 0 Å². The normalized spacial score (nSPS) is 12.1. The largest absolute Gasteiger partial charge is 0.347 e. The first-order chi connectivity index (χ1) is 10.6. The highest BCUT2D eigenvalue weighted by Crippen LogP contribution is 2.20. The van der Waals surface area contributed by atoms with E-state index in [4.69, 9.17) is 23.2 Å². The summed E-state index contributed by atoms with van der Waals surface area (Å²) < 4.78 is 0. The van der Waals surface area contributed by atoms with Crippen molar-refractivity contribution in [2.45, 2.75) is 20.0 Å². The molecule has 0 aliphatic carbocycles. The third kappa shape index (κ3) is 5.29. The Kier molecular flexibility index (Phi) is 6.70. The monoisotopic (exact) mass is 357 g/mol. The molecular formula is C16H19Cl2N2OS+. The molecule has 3 nitrogen and oxygen atoms in total. The number of quaternary nitrogens is 1. The second-order valence-electron chi connectivity index (χ2n) is 5.05. The summed E-state index contributed by atoms with van der Waals surface area (Å²) in [5, 5.41) is 6.15. The molecule has 0 spiro atoms. The van der Waals surface area contributed by atoms with Gasteiger partial charge < -0.3 is 10.2 Å². The lowest BCUT2D eigenvalue weighted by atomic mass is 10.2. The van der Waals surface area contributed by atoms with E-state index in [1.54, 1.807) is 23.5 Å². The zero-order chi connectivity index (χ0) is 15.9. The highest BCUT2D eigenvalue weighted by atomic mass is 35.5. The second-order valence-corrected chi connectivity index (χ2v) is 6.92. The van der Waals surface area contributed by atoms with Crippen LogP contribution in [0.25, 0.3) is 0 Å². The van der Waals surface area contributed by atoms with Crippen LogP contribution in [0.4, 0.5) is 0 Å². The van der Waals surface area contributed by atoms with Gasteiger partial charge in [0.25, 0.3) is 5.91 Å². The van der Waals surface area contributed by atoms with E-state index in [1.807, 2.05) is 12.1 Å².